The number of nitrogens with zero attached hydrogens (tertiary/aromatic N) is 5. The largest absolute Gasteiger partial charge is 0.522 e. The van der Waals surface area contributed by atoms with Gasteiger partial charge in [0.2, 0.25) is 14.6 Å². The van der Waals surface area contributed by atoms with Gasteiger partial charge in [0.25, 0.3) is 0 Å². The summed E-state index contributed by atoms with van der Waals surface area (Å²) in [6.07, 6.45) is 6.44. The first kappa shape index (κ1) is 66.0. The second kappa shape index (κ2) is 27.5. The van der Waals surface area contributed by atoms with E-state index in [1.807, 2.05) is 68.1 Å². The summed E-state index contributed by atoms with van der Waals surface area (Å²) in [7, 11) is -8.10. The molecule has 17 nitrogen and oxygen atoms in total. The zero-order valence-electron chi connectivity index (χ0n) is 44.1. The highest BCUT2D eigenvalue weighted by atomic mass is 127. The Kier molecular flexibility index (Phi) is 22.7. The van der Waals surface area contributed by atoms with Crippen LogP contribution in [0.4, 0.5) is 13.2 Å². The third-order valence-electron chi connectivity index (χ3n) is 12.9. The highest BCUT2D eigenvalue weighted by Gasteiger charge is 2.57. The van der Waals surface area contributed by atoms with Crippen LogP contribution in [0.2, 0.25) is 29.9 Å². The summed E-state index contributed by atoms with van der Waals surface area (Å²) in [5, 5.41) is 2.55. The molecule has 0 radical (unpaired) electrons. The molecule has 6 heterocycles. The van der Waals surface area contributed by atoms with Crippen molar-refractivity contribution in [3.63, 3.8) is 0 Å². The minimum atomic E-state index is -5.39. The lowest BCUT2D eigenvalue weighted by Crippen LogP contribution is -2.46. The number of carbonyl (C=O) groups is 3. The molecular weight excluding hydrogens is 1350 g/mol. The first-order chi connectivity index (χ1) is 37.1. The molecule has 2 unspecified atom stereocenters. The van der Waals surface area contributed by atoms with E-state index in [1.54, 1.807) is 67.6 Å². The van der Waals surface area contributed by atoms with Crippen molar-refractivity contribution in [1.29, 1.82) is 0 Å². The van der Waals surface area contributed by atoms with Crippen LogP contribution in [-0.4, -0.2) is 99.3 Å². The summed E-state index contributed by atoms with van der Waals surface area (Å²) < 4.78 is 93.5. The van der Waals surface area contributed by atoms with Crippen LogP contribution in [0.5, 0.6) is 0 Å². The predicted octanol–water partition coefficient (Wildman–Crippen LogP) is 14.0. The number of H-pyrrole nitrogens is 1. The molecule has 0 amide bonds. The number of esters is 3. The molecule has 7 aromatic rings. The third kappa shape index (κ3) is 15.4. The van der Waals surface area contributed by atoms with Crippen LogP contribution in [0, 0.1) is 19.0 Å². The van der Waals surface area contributed by atoms with E-state index in [0.717, 1.165) is 36.4 Å². The molecule has 2 aliphatic rings. The van der Waals surface area contributed by atoms with Gasteiger partial charge in [-0.15, -0.1) is 0 Å². The summed E-state index contributed by atoms with van der Waals surface area (Å²) in [4.78, 5) is 57.4. The third-order valence-corrected chi connectivity index (χ3v) is 18.6. The zero-order valence-corrected chi connectivity index (χ0v) is 51.8. The Labute approximate surface area is 500 Å². The quantitative estimate of drug-likeness (QED) is 0.0318. The number of ether oxygens (including phenoxy) is 5. The molecule has 0 aliphatic carbocycles. The number of alkyl halides is 3. The maximum absolute atomic E-state index is 12.9. The molecule has 0 saturated carbocycles. The summed E-state index contributed by atoms with van der Waals surface area (Å²) >= 11 is 16.5. The van der Waals surface area contributed by atoms with E-state index in [9.17, 15) is 36.0 Å². The van der Waals surface area contributed by atoms with Crippen LogP contribution in [0.15, 0.2) is 116 Å². The summed E-state index contributed by atoms with van der Waals surface area (Å²) in [6, 6.07) is 26.5. The molecule has 80 heavy (non-hydrogen) atoms. The summed E-state index contributed by atoms with van der Waals surface area (Å²) in [6.45, 7) is 15.8. The number of hydrogen-bond donors (Lipinski definition) is 1. The number of hydrogen-bond acceptors (Lipinski definition) is 15. The Balaban J connectivity index is 0.000000211. The van der Waals surface area contributed by atoms with Crippen LogP contribution in [0.3, 0.4) is 0 Å². The Morgan fingerprint density at radius 3 is 1.62 bits per heavy atom. The van der Waals surface area contributed by atoms with Gasteiger partial charge in [-0.2, -0.15) is 21.6 Å². The van der Waals surface area contributed by atoms with Crippen molar-refractivity contribution in [2.24, 2.45) is 11.8 Å². The number of halogens is 7. The number of benzene rings is 3. The highest BCUT2D eigenvalue weighted by molar-refractivity contribution is 14.1. The molecule has 2 fully saturated rings. The molecule has 432 valence electrons. The lowest BCUT2D eigenvalue weighted by molar-refractivity contribution is -0.169. The van der Waals surface area contributed by atoms with Crippen molar-refractivity contribution >= 4 is 127 Å². The van der Waals surface area contributed by atoms with Crippen molar-refractivity contribution in [1.82, 2.24) is 29.5 Å². The fourth-order valence-electron chi connectivity index (χ4n) is 8.53. The topological polar surface area (TPSA) is 213 Å². The number of fused-ring (bicyclic) bond motifs is 2. The average molecular weight is 1410 g/mol. The van der Waals surface area contributed by atoms with Crippen molar-refractivity contribution in [3.05, 3.63) is 150 Å². The summed E-state index contributed by atoms with van der Waals surface area (Å²) in [5.41, 5.74) is -4.47. The number of rotatable bonds is 11. The normalized spacial score (nSPS) is 22.6. The van der Waals surface area contributed by atoms with Crippen molar-refractivity contribution in [3.8, 4) is 0 Å². The van der Waals surface area contributed by atoms with Gasteiger partial charge in [0.1, 0.15) is 34.3 Å². The average Bonchev–Trinajstić information content (AvgIpc) is 4.33. The maximum atomic E-state index is 12.9. The molecule has 0 bridgehead atoms. The number of carbonyl (C=O) groups excluding carboxylic acids is 3. The second-order valence-corrected chi connectivity index (χ2v) is 28.7. The molecule has 4 aromatic heterocycles. The van der Waals surface area contributed by atoms with Crippen LogP contribution in [-0.2, 0) is 37.7 Å². The van der Waals surface area contributed by atoms with Gasteiger partial charge in [-0.05, 0) is 128 Å². The molecule has 2 saturated heterocycles. The fraction of sp³-hybridized carbons (Fsp3) is 0.389. The SMILES string of the molecule is C.CC[C@H]1O[C@@H](OC(=O)c2ccccc2)C(C)(OC(=O)c2ccccc2)[C@H]1C.CC[C@H]1O[C@@H](n2cc(I)c3c(Cl)ncnc32)C(C)(OC(=O)c2ccccc2)[C@H]1C.C[Si](C)(C)OS(=O)(=O)C(F)(F)F.Clc1ncnc2[nH]cc(I)c12. The minimum Gasteiger partial charge on any atom is -0.451 e. The molecule has 1 N–H and O–H groups in total. The zero-order chi connectivity index (χ0) is 58.3. The first-order valence-corrected chi connectivity index (χ1v) is 32.2. The van der Waals surface area contributed by atoms with Gasteiger partial charge in [0.15, 0.2) is 17.4 Å². The lowest BCUT2D eigenvalue weighted by Gasteiger charge is -2.34. The van der Waals surface area contributed by atoms with Crippen LogP contribution in [0.25, 0.3) is 22.1 Å². The molecule has 9 rings (SSSR count). The van der Waals surface area contributed by atoms with E-state index in [-0.39, 0.29) is 37.4 Å². The molecule has 26 heteroatoms. The predicted molar refractivity (Wildman–Crippen MR) is 317 cm³/mol. The van der Waals surface area contributed by atoms with Gasteiger partial charge >= 0.3 is 33.5 Å². The molecule has 8 atom stereocenters. The second-order valence-electron chi connectivity index (χ2n) is 19.4. The molecule has 2 aliphatic heterocycles. The molecule has 3 aromatic carbocycles. The van der Waals surface area contributed by atoms with Gasteiger partial charge < -0.3 is 37.1 Å². The van der Waals surface area contributed by atoms with Crippen LogP contribution in [0.1, 0.15) is 99.1 Å². The number of aromatic nitrogens is 6. The van der Waals surface area contributed by atoms with Crippen molar-refractivity contribution in [2.45, 2.75) is 123 Å². The Morgan fingerprint density at radius 2 is 1.16 bits per heavy atom. The van der Waals surface area contributed by atoms with Crippen LogP contribution >= 0.6 is 68.4 Å². The minimum absolute atomic E-state index is 0. The van der Waals surface area contributed by atoms with E-state index >= 15 is 0 Å². The Morgan fingerprint density at radius 1 is 0.713 bits per heavy atom. The first-order valence-electron chi connectivity index (χ1n) is 24.5. The Hall–Kier alpha value is -4.81. The van der Waals surface area contributed by atoms with Gasteiger partial charge in [-0.3, -0.25) is 0 Å². The monoisotopic (exact) mass is 1410 g/mol. The van der Waals surface area contributed by atoms with E-state index in [2.05, 4.69) is 87.8 Å². The molecule has 0 spiro atoms. The Bertz CT molecular complexity index is 3350. The van der Waals surface area contributed by atoms with E-state index in [1.165, 1.54) is 32.3 Å². The lowest BCUT2D eigenvalue weighted by atomic mass is 9.86. The standard InChI is InChI=1S/C22H24O5.C21H21ClIN3O3.C6H3ClIN3.C4H9F3O3SSi.CH4/c1-4-18-15(2)22(3,27-20(24)17-13-9-6-10-14-17)21(25-18)26-19(23)16-11-7-5-8-12-16;1-4-15-12(2)21(3,29-19(27)13-8-6-5-7-9-13)20(28-15)26-10-14(23)16-17(22)24-11-25-18(16)26;7-5-4-3(8)1-9-6(4)11-2-10-5;1-12(2,3)10-11(8,9)4(5,6)7;/h5-15,18,21H,4H2,1-3H3;5-12,15,20H,4H2,1-3H3;1-2H,(H,9,10,11);1-3H3;1H4/t15-,18+,21-,22?;12-,15+,20+,21?;;;/m00.../s1. The molecular formula is C54H61Cl2F3I2N6O11SSi. The van der Waals surface area contributed by atoms with Gasteiger partial charge in [0, 0.05) is 31.4 Å². The fourth-order valence-corrected chi connectivity index (χ4v) is 13.8. The van der Waals surface area contributed by atoms with Gasteiger partial charge in [-0.1, -0.05) is 113 Å². The number of aromatic amines is 1. The smallest absolute Gasteiger partial charge is 0.451 e. The van der Waals surface area contributed by atoms with E-state index in [4.69, 9.17) is 46.9 Å². The number of nitrogens with one attached hydrogen (secondary N) is 1. The summed E-state index contributed by atoms with van der Waals surface area (Å²) in [5.74, 6) is -1.50. The maximum Gasteiger partial charge on any atom is 0.522 e. The van der Waals surface area contributed by atoms with Gasteiger partial charge in [-0.25, -0.2) is 34.3 Å². The van der Waals surface area contributed by atoms with E-state index in [0.29, 0.717) is 32.6 Å². The highest BCUT2D eigenvalue weighted by Crippen LogP contribution is 2.48. The van der Waals surface area contributed by atoms with Gasteiger partial charge in [0.05, 0.1) is 39.7 Å². The van der Waals surface area contributed by atoms with Crippen molar-refractivity contribution < 1.29 is 63.5 Å². The van der Waals surface area contributed by atoms with Crippen molar-refractivity contribution in [2.75, 3.05) is 0 Å². The van der Waals surface area contributed by atoms with Crippen LogP contribution < -0.4 is 0 Å². The van der Waals surface area contributed by atoms with E-state index < -0.39 is 59.6 Å².